The van der Waals surface area contributed by atoms with Gasteiger partial charge in [-0.3, -0.25) is 0 Å². The van der Waals surface area contributed by atoms with E-state index in [4.69, 9.17) is 15.9 Å². The highest BCUT2D eigenvalue weighted by molar-refractivity contribution is 5.32. The van der Waals surface area contributed by atoms with E-state index < -0.39 is 5.79 Å². The van der Waals surface area contributed by atoms with Gasteiger partial charge in [-0.2, -0.15) is 0 Å². The van der Waals surface area contributed by atoms with E-state index in [1.807, 2.05) is 19.9 Å². The minimum absolute atomic E-state index is 0.218. The van der Waals surface area contributed by atoms with Crippen LogP contribution < -0.4 is 5.73 Å². The largest absolute Gasteiger partial charge is 0.402 e. The van der Waals surface area contributed by atoms with Gasteiger partial charge in [0.2, 0.25) is 0 Å². The molecule has 78 valence electrons. The Labute approximate surface area is 84.2 Å². The van der Waals surface area contributed by atoms with Gasteiger partial charge in [0, 0.05) is 18.0 Å². The van der Waals surface area contributed by atoms with Crippen molar-refractivity contribution in [3.8, 4) is 0 Å². The molecule has 0 radical (unpaired) electrons. The summed E-state index contributed by atoms with van der Waals surface area (Å²) < 4.78 is 0. The molecule has 4 N–H and O–H groups in total. The fraction of sp³-hybridized carbons (Fsp3) is 0.455. The third kappa shape index (κ3) is 2.47. The molecule has 1 fully saturated rings. The van der Waals surface area contributed by atoms with E-state index in [2.05, 4.69) is 6.58 Å². The highest BCUT2D eigenvalue weighted by Crippen LogP contribution is 2.45. The number of hydrogen-bond donors (Lipinski definition) is 3. The van der Waals surface area contributed by atoms with Crippen molar-refractivity contribution in [2.45, 2.75) is 26.1 Å². The molecular weight excluding hydrogens is 178 g/mol. The Morgan fingerprint density at radius 3 is 2.29 bits per heavy atom. The molecule has 0 spiro atoms. The van der Waals surface area contributed by atoms with Gasteiger partial charge < -0.3 is 15.9 Å². The van der Waals surface area contributed by atoms with Gasteiger partial charge in [-0.1, -0.05) is 18.7 Å². The Morgan fingerprint density at radius 2 is 1.93 bits per heavy atom. The maximum absolute atomic E-state index is 9.16. The van der Waals surface area contributed by atoms with Crippen molar-refractivity contribution in [2.75, 3.05) is 0 Å². The zero-order valence-electron chi connectivity index (χ0n) is 8.62. The number of aliphatic hydroxyl groups is 2. The molecule has 3 nitrogen and oxygen atoms in total. The summed E-state index contributed by atoms with van der Waals surface area (Å²) in [4.78, 5) is 0. The van der Waals surface area contributed by atoms with Gasteiger partial charge in [-0.25, -0.2) is 0 Å². The van der Waals surface area contributed by atoms with Crippen molar-refractivity contribution in [1.29, 1.82) is 0 Å². The Hall–Kier alpha value is -1.06. The van der Waals surface area contributed by atoms with E-state index in [1.165, 1.54) is 0 Å². The van der Waals surface area contributed by atoms with Crippen LogP contribution in [0.2, 0.25) is 0 Å². The Bertz CT molecular complexity index is 309. The number of hydrogen-bond acceptors (Lipinski definition) is 3. The Morgan fingerprint density at radius 1 is 1.43 bits per heavy atom. The molecule has 1 saturated carbocycles. The maximum Gasteiger partial charge on any atom is 0.170 e. The molecule has 3 heteroatoms. The first-order valence-electron chi connectivity index (χ1n) is 4.59. The normalized spacial score (nSPS) is 26.1. The van der Waals surface area contributed by atoms with Gasteiger partial charge >= 0.3 is 0 Å². The smallest absolute Gasteiger partial charge is 0.170 e. The number of rotatable bonds is 3. The van der Waals surface area contributed by atoms with Gasteiger partial charge in [0.15, 0.2) is 5.79 Å². The Kier molecular flexibility index (Phi) is 2.83. The minimum Gasteiger partial charge on any atom is -0.402 e. The zero-order chi connectivity index (χ0) is 10.9. The lowest BCUT2D eigenvalue weighted by Crippen LogP contribution is -2.08. The lowest BCUT2D eigenvalue weighted by atomic mass is 10.1. The average Bonchev–Trinajstić information content (AvgIpc) is 2.70. The van der Waals surface area contributed by atoms with E-state index in [0.717, 1.165) is 16.8 Å². The van der Waals surface area contributed by atoms with Gasteiger partial charge in [0.1, 0.15) is 0 Å². The molecule has 0 bridgehead atoms. The predicted octanol–water partition coefficient (Wildman–Crippen LogP) is 1.05. The molecular formula is C11H17NO2. The van der Waals surface area contributed by atoms with Crippen molar-refractivity contribution < 1.29 is 10.2 Å². The van der Waals surface area contributed by atoms with E-state index in [-0.39, 0.29) is 5.92 Å². The predicted molar refractivity (Wildman–Crippen MR) is 56.1 cm³/mol. The van der Waals surface area contributed by atoms with Crippen LogP contribution in [0, 0.1) is 5.92 Å². The van der Waals surface area contributed by atoms with Crippen LogP contribution in [-0.4, -0.2) is 16.0 Å². The summed E-state index contributed by atoms with van der Waals surface area (Å²) in [5.74, 6) is -1.75. The quantitative estimate of drug-likeness (QED) is 0.466. The van der Waals surface area contributed by atoms with E-state index >= 15 is 0 Å². The van der Waals surface area contributed by atoms with E-state index in [1.54, 1.807) is 6.08 Å². The molecule has 0 aromatic carbocycles. The van der Waals surface area contributed by atoms with Gasteiger partial charge in [-0.05, 0) is 25.0 Å². The number of allylic oxidation sites excluding steroid dienone is 4. The lowest BCUT2D eigenvalue weighted by molar-refractivity contribution is -0.0777. The summed E-state index contributed by atoms with van der Waals surface area (Å²) >= 11 is 0. The first-order chi connectivity index (χ1) is 6.34. The zero-order valence-corrected chi connectivity index (χ0v) is 8.62. The molecule has 0 amide bonds. The van der Waals surface area contributed by atoms with Crippen LogP contribution in [0.5, 0.6) is 0 Å². The molecule has 0 unspecified atom stereocenters. The molecule has 0 heterocycles. The third-order valence-electron chi connectivity index (χ3n) is 2.52. The molecule has 14 heavy (non-hydrogen) atoms. The number of nitrogens with two attached hydrogens (primary N) is 1. The van der Waals surface area contributed by atoms with Crippen molar-refractivity contribution in [2.24, 2.45) is 11.7 Å². The second-order valence-corrected chi connectivity index (χ2v) is 3.91. The second-order valence-electron chi connectivity index (χ2n) is 3.91. The van der Waals surface area contributed by atoms with Crippen molar-refractivity contribution in [3.05, 3.63) is 35.6 Å². The lowest BCUT2D eigenvalue weighted by Gasteiger charge is -2.01. The van der Waals surface area contributed by atoms with E-state index in [0.29, 0.717) is 6.42 Å². The summed E-state index contributed by atoms with van der Waals surface area (Å²) in [6.07, 6.45) is 4.00. The topological polar surface area (TPSA) is 66.5 Å². The van der Waals surface area contributed by atoms with Gasteiger partial charge in [0.05, 0.1) is 0 Å². The van der Waals surface area contributed by atoms with Crippen LogP contribution >= 0.6 is 0 Å². The van der Waals surface area contributed by atoms with Gasteiger partial charge in [0.25, 0.3) is 0 Å². The third-order valence-corrected chi connectivity index (χ3v) is 2.52. The molecule has 1 atom stereocenters. The molecule has 1 aliphatic carbocycles. The Balaban J connectivity index is 2.55. The van der Waals surface area contributed by atoms with Crippen LogP contribution in [0.4, 0.5) is 0 Å². The summed E-state index contributed by atoms with van der Waals surface area (Å²) in [6, 6.07) is 0. The highest BCUT2D eigenvalue weighted by Gasteiger charge is 2.52. The van der Waals surface area contributed by atoms with Gasteiger partial charge in [-0.15, -0.1) is 0 Å². The van der Waals surface area contributed by atoms with Crippen LogP contribution in [0.15, 0.2) is 35.6 Å². The first kappa shape index (κ1) is 11.0. The SMILES string of the molecule is C=C(/C=C\C(C)=C(/C)N)[C@H]1CC1(O)O. The van der Waals surface area contributed by atoms with Crippen LogP contribution in [0.3, 0.4) is 0 Å². The fourth-order valence-electron chi connectivity index (χ4n) is 1.15. The average molecular weight is 195 g/mol. The highest BCUT2D eigenvalue weighted by atomic mass is 16.5. The summed E-state index contributed by atoms with van der Waals surface area (Å²) in [6.45, 7) is 7.49. The molecule has 0 aromatic rings. The van der Waals surface area contributed by atoms with Crippen molar-refractivity contribution >= 4 is 0 Å². The standard InChI is InChI=1S/C11H17NO2/c1-7(9(3)12)4-5-8(2)10-6-11(10,13)14/h4-5,10,13-14H,2,6,12H2,1,3H3/b5-4-,9-7+/t10-/m1/s1. The molecule has 0 aromatic heterocycles. The molecule has 1 rings (SSSR count). The molecule has 0 saturated heterocycles. The first-order valence-corrected chi connectivity index (χ1v) is 4.59. The summed E-state index contributed by atoms with van der Waals surface area (Å²) in [5.41, 5.74) is 8.02. The van der Waals surface area contributed by atoms with Crippen LogP contribution in [0.25, 0.3) is 0 Å². The maximum atomic E-state index is 9.16. The van der Waals surface area contributed by atoms with Crippen molar-refractivity contribution in [1.82, 2.24) is 0 Å². The second kappa shape index (κ2) is 3.59. The summed E-state index contributed by atoms with van der Waals surface area (Å²) in [5, 5.41) is 18.3. The summed E-state index contributed by atoms with van der Waals surface area (Å²) in [7, 11) is 0. The van der Waals surface area contributed by atoms with E-state index in [9.17, 15) is 0 Å². The van der Waals surface area contributed by atoms with Crippen molar-refractivity contribution in [3.63, 3.8) is 0 Å². The minimum atomic E-state index is -1.53. The van der Waals surface area contributed by atoms with Crippen LogP contribution in [-0.2, 0) is 0 Å². The van der Waals surface area contributed by atoms with Crippen LogP contribution in [0.1, 0.15) is 20.3 Å². The monoisotopic (exact) mass is 195 g/mol. The molecule has 1 aliphatic rings. The molecule has 0 aliphatic heterocycles. The fourth-order valence-corrected chi connectivity index (χ4v) is 1.15.